The first-order valence-electron chi connectivity index (χ1n) is 13.0. The molecule has 4 fully saturated rings. The van der Waals surface area contributed by atoms with Crippen molar-refractivity contribution in [3.63, 3.8) is 0 Å². The summed E-state index contributed by atoms with van der Waals surface area (Å²) in [6.07, 6.45) is 4.58. The molecule has 10 heteroatoms. The van der Waals surface area contributed by atoms with Crippen molar-refractivity contribution in [1.29, 1.82) is 0 Å². The van der Waals surface area contributed by atoms with Crippen LogP contribution in [0.1, 0.15) is 72.1 Å². The molecule has 4 N–H and O–H groups in total. The van der Waals surface area contributed by atoms with Crippen molar-refractivity contribution < 1.29 is 62.6 Å². The van der Waals surface area contributed by atoms with Crippen molar-refractivity contribution in [2.75, 3.05) is 12.3 Å². The number of hydrogen-bond donors (Lipinski definition) is 4. The van der Waals surface area contributed by atoms with E-state index in [4.69, 9.17) is 0 Å². The molecular weight excluding hydrogens is 481 g/mol. The van der Waals surface area contributed by atoms with Gasteiger partial charge in [-0.3, -0.25) is 4.79 Å². The van der Waals surface area contributed by atoms with E-state index >= 15 is 0 Å². The number of carbonyl (C=O) groups is 1. The molecule has 0 aromatic heterocycles. The third kappa shape index (κ3) is 5.54. The molecule has 4 rings (SSSR count). The minimum Gasteiger partial charge on any atom is -0.748 e. The summed E-state index contributed by atoms with van der Waals surface area (Å²) in [5.41, 5.74) is -0.367. The molecule has 0 aromatic rings. The first-order chi connectivity index (χ1) is 15.8. The molecule has 0 unspecified atom stereocenters. The quantitative estimate of drug-likeness (QED) is 0.248. The molecule has 196 valence electrons. The van der Waals surface area contributed by atoms with Crippen molar-refractivity contribution in [3.05, 3.63) is 0 Å². The van der Waals surface area contributed by atoms with Crippen LogP contribution >= 0.6 is 0 Å². The molecule has 0 bridgehead atoms. The summed E-state index contributed by atoms with van der Waals surface area (Å²) in [5, 5.41) is 35.7. The third-order valence-corrected chi connectivity index (χ3v) is 11.4. The van der Waals surface area contributed by atoms with Crippen LogP contribution in [0.5, 0.6) is 0 Å². The van der Waals surface area contributed by atoms with Crippen LogP contribution in [0.4, 0.5) is 0 Å². The van der Waals surface area contributed by atoms with Gasteiger partial charge in [0.25, 0.3) is 0 Å². The van der Waals surface area contributed by atoms with E-state index in [2.05, 4.69) is 19.2 Å². The van der Waals surface area contributed by atoms with Gasteiger partial charge in [0.05, 0.1) is 34.2 Å². The van der Waals surface area contributed by atoms with Crippen LogP contribution in [0.2, 0.25) is 0 Å². The van der Waals surface area contributed by atoms with Gasteiger partial charge in [-0.25, -0.2) is 8.42 Å². The van der Waals surface area contributed by atoms with Crippen molar-refractivity contribution in [3.8, 4) is 0 Å². The van der Waals surface area contributed by atoms with Gasteiger partial charge in [-0.2, -0.15) is 0 Å². The largest absolute Gasteiger partial charge is 1.00 e. The van der Waals surface area contributed by atoms with E-state index in [9.17, 15) is 33.1 Å². The van der Waals surface area contributed by atoms with E-state index in [-0.39, 0.29) is 95.5 Å². The molecule has 0 saturated heterocycles. The second kappa shape index (κ2) is 10.8. The third-order valence-electron chi connectivity index (χ3n) is 10.7. The molecule has 4 aliphatic carbocycles. The van der Waals surface area contributed by atoms with Crippen molar-refractivity contribution in [2.24, 2.45) is 46.3 Å². The molecule has 0 radical (unpaired) electrons. The van der Waals surface area contributed by atoms with Crippen LogP contribution in [0.25, 0.3) is 0 Å². The van der Waals surface area contributed by atoms with Crippen LogP contribution < -0.4 is 34.9 Å². The Labute approximate surface area is 232 Å². The van der Waals surface area contributed by atoms with E-state index in [1.165, 1.54) is 0 Å². The normalized spacial score (nSPS) is 45.9. The van der Waals surface area contributed by atoms with Gasteiger partial charge >= 0.3 is 29.6 Å². The van der Waals surface area contributed by atoms with Crippen LogP contribution in [0.15, 0.2) is 0 Å². The standard InChI is InChI=1S/C25H43NO7S.Na/c1-14(10-22(30)26-8-9-34(31,32)33)17-4-5-18-23-19(13-21(29)25(17,18)3)24(2)7-6-16(27)11-15(24)12-20(23)28;/h14-21,23,27-29H,4-13H2,1-3H3,(H,26,30)(H,31,32,33);/q;+1/p-1/t14-,15+,16-,17-,18+,19+,20-,21+,23+,24+,25-;/m1./s1. The minimum absolute atomic E-state index is 0. The Balaban J connectivity index is 0.00000342. The fourth-order valence-corrected chi connectivity index (χ4v) is 9.31. The number of hydrogen-bond acceptors (Lipinski definition) is 7. The second-order valence-electron chi connectivity index (χ2n) is 12.3. The molecule has 0 spiro atoms. The predicted octanol–water partition coefficient (Wildman–Crippen LogP) is -1.36. The molecule has 4 aliphatic rings. The average Bonchev–Trinajstić information content (AvgIpc) is 3.08. The Morgan fingerprint density at radius 2 is 1.77 bits per heavy atom. The summed E-state index contributed by atoms with van der Waals surface area (Å²) >= 11 is 0. The molecule has 4 saturated carbocycles. The summed E-state index contributed by atoms with van der Waals surface area (Å²) in [5.74, 6) is 0.0231. The molecule has 0 heterocycles. The first kappa shape index (κ1) is 29.8. The van der Waals surface area contributed by atoms with Gasteiger partial charge in [-0.15, -0.1) is 0 Å². The summed E-state index contributed by atoms with van der Waals surface area (Å²) in [7, 11) is -4.37. The summed E-state index contributed by atoms with van der Waals surface area (Å²) in [4.78, 5) is 12.4. The van der Waals surface area contributed by atoms with E-state index in [0.717, 1.165) is 32.1 Å². The fourth-order valence-electron chi connectivity index (χ4n) is 8.95. The van der Waals surface area contributed by atoms with E-state index < -0.39 is 33.5 Å². The number of rotatable bonds is 6. The Hall–Kier alpha value is 0.260. The molecule has 1 amide bonds. The SMILES string of the molecule is C[C@H](CC(=O)NCCS(=O)(=O)[O-])[C@H]1CC[C@H]2[C@@H]3[C@H](O)C[C@@H]4C[C@H](O)CC[C@]4(C)[C@H]3C[C@H](O)[C@]12C.[Na+]. The van der Waals surface area contributed by atoms with Gasteiger partial charge in [0.2, 0.25) is 5.91 Å². The molecule has 35 heavy (non-hydrogen) atoms. The monoisotopic (exact) mass is 523 g/mol. The number of aliphatic hydroxyl groups is 3. The number of aliphatic hydroxyl groups excluding tert-OH is 3. The minimum atomic E-state index is -4.37. The number of fused-ring (bicyclic) bond motifs is 5. The average molecular weight is 524 g/mol. The zero-order valence-corrected chi connectivity index (χ0v) is 24.5. The second-order valence-corrected chi connectivity index (χ2v) is 13.8. The number of carbonyl (C=O) groups excluding carboxylic acids is 1. The molecule has 0 aromatic carbocycles. The maximum atomic E-state index is 12.4. The Kier molecular flexibility index (Phi) is 9.19. The van der Waals surface area contributed by atoms with Crippen LogP contribution in [-0.4, -0.2) is 64.8 Å². The van der Waals surface area contributed by atoms with Gasteiger partial charge in [-0.05, 0) is 91.3 Å². The summed E-state index contributed by atoms with van der Waals surface area (Å²) in [6, 6.07) is 0. The van der Waals surface area contributed by atoms with E-state index in [0.29, 0.717) is 12.8 Å². The predicted molar refractivity (Wildman–Crippen MR) is 125 cm³/mol. The van der Waals surface area contributed by atoms with Gasteiger partial charge in [0.1, 0.15) is 0 Å². The van der Waals surface area contributed by atoms with Crippen LogP contribution in [0.3, 0.4) is 0 Å². The van der Waals surface area contributed by atoms with E-state index in [1.54, 1.807) is 0 Å². The van der Waals surface area contributed by atoms with E-state index in [1.807, 2.05) is 6.92 Å². The van der Waals surface area contributed by atoms with Crippen molar-refractivity contribution >= 4 is 16.0 Å². The Morgan fingerprint density at radius 3 is 2.43 bits per heavy atom. The van der Waals surface area contributed by atoms with Gasteiger partial charge in [0.15, 0.2) is 0 Å². The maximum absolute atomic E-state index is 12.4. The van der Waals surface area contributed by atoms with Gasteiger partial charge < -0.3 is 25.2 Å². The zero-order valence-electron chi connectivity index (χ0n) is 21.7. The first-order valence-corrected chi connectivity index (χ1v) is 14.6. The maximum Gasteiger partial charge on any atom is 1.00 e. The van der Waals surface area contributed by atoms with Crippen molar-refractivity contribution in [2.45, 2.75) is 90.4 Å². The Bertz CT molecular complexity index is 887. The van der Waals surface area contributed by atoms with Crippen molar-refractivity contribution in [1.82, 2.24) is 5.32 Å². The summed E-state index contributed by atoms with van der Waals surface area (Å²) < 4.78 is 32.3. The number of amides is 1. The van der Waals surface area contributed by atoms with Crippen LogP contribution in [0, 0.1) is 46.3 Å². The smallest absolute Gasteiger partial charge is 0.748 e. The zero-order chi connectivity index (χ0) is 25.1. The Morgan fingerprint density at radius 1 is 1.09 bits per heavy atom. The molecular formula is C25H42NNaO7S. The topological polar surface area (TPSA) is 147 Å². The van der Waals surface area contributed by atoms with Gasteiger partial charge in [0, 0.05) is 13.0 Å². The van der Waals surface area contributed by atoms with Crippen LogP contribution in [-0.2, 0) is 14.9 Å². The molecule has 11 atom stereocenters. The summed E-state index contributed by atoms with van der Waals surface area (Å²) in [6.45, 7) is 6.28. The molecule has 8 nitrogen and oxygen atoms in total. The number of nitrogens with one attached hydrogen (secondary N) is 1. The molecule has 0 aliphatic heterocycles. The fraction of sp³-hybridized carbons (Fsp3) is 0.960. The van der Waals surface area contributed by atoms with Gasteiger partial charge in [-0.1, -0.05) is 20.8 Å².